The van der Waals surface area contributed by atoms with Crippen LogP contribution in [0.1, 0.15) is 125 Å². The zero-order valence-electron chi connectivity index (χ0n) is 50.0. The van der Waals surface area contributed by atoms with Crippen molar-refractivity contribution >= 4 is 65.2 Å². The standard InChI is InChI=1S/C83H64N2/c1-79(2)61-31-19-15-23-45(61)53-35-57-49-27-17-21-33-71(49)84(75(57)41-67(53)79)73-43-69-77(51-29-13-11-25-47(51)73)59-39-63-55(37-65(59)82(69,7)8)56-38-66-60(40-64(56)81(63,5)6)78-52-30-14-12-26-48(52)74(44-70(78)83(66,9)10)85-72-34-22-18-28-50(72)58-36-54-46-24-16-20-32-62(46)80(3,4)68(54)42-76(58)85/h11-44H,1-10H3. The van der Waals surface area contributed by atoms with Gasteiger partial charge < -0.3 is 9.13 Å². The topological polar surface area (TPSA) is 9.86 Å². The lowest BCUT2D eigenvalue weighted by Gasteiger charge is -2.25. The van der Waals surface area contributed by atoms with Crippen LogP contribution in [0.25, 0.3) is 132 Å². The summed E-state index contributed by atoms with van der Waals surface area (Å²) in [6.07, 6.45) is 0. The molecule has 0 saturated carbocycles. The van der Waals surface area contributed by atoms with Gasteiger partial charge in [0.25, 0.3) is 0 Å². The molecule has 2 aromatic heterocycles. The first-order valence-corrected chi connectivity index (χ1v) is 30.8. The van der Waals surface area contributed by atoms with Crippen LogP contribution >= 0.6 is 0 Å². The van der Waals surface area contributed by atoms with Crippen molar-refractivity contribution < 1.29 is 0 Å². The summed E-state index contributed by atoms with van der Waals surface area (Å²) in [7, 11) is 0. The van der Waals surface area contributed by atoms with E-state index in [1.165, 1.54) is 188 Å². The van der Waals surface area contributed by atoms with E-state index < -0.39 is 0 Å². The average Bonchev–Trinajstić information content (AvgIpc) is 1.67. The molecule has 12 aromatic carbocycles. The summed E-state index contributed by atoms with van der Waals surface area (Å²) in [5.74, 6) is 0. The molecule has 14 aromatic rings. The van der Waals surface area contributed by atoms with Crippen LogP contribution in [0.5, 0.6) is 0 Å². The van der Waals surface area contributed by atoms with Crippen molar-refractivity contribution in [1.82, 2.24) is 9.13 Å². The highest BCUT2D eigenvalue weighted by molar-refractivity contribution is 6.17. The number of nitrogens with zero attached hydrogens (tertiary/aromatic N) is 2. The average molecular weight is 1090 g/mol. The van der Waals surface area contributed by atoms with Gasteiger partial charge in [-0.15, -0.1) is 0 Å². The molecule has 0 aliphatic heterocycles. The van der Waals surface area contributed by atoms with Gasteiger partial charge >= 0.3 is 0 Å². The number of para-hydroxylation sites is 2. The Hall–Kier alpha value is -9.24. The van der Waals surface area contributed by atoms with Gasteiger partial charge in [0.15, 0.2) is 0 Å². The van der Waals surface area contributed by atoms with Gasteiger partial charge in [0.1, 0.15) is 0 Å². The maximum Gasteiger partial charge on any atom is 0.0544 e. The molecule has 0 atom stereocenters. The van der Waals surface area contributed by atoms with Gasteiger partial charge in [-0.1, -0.05) is 203 Å². The lowest BCUT2D eigenvalue weighted by molar-refractivity contribution is 0.649. The number of hydrogen-bond acceptors (Lipinski definition) is 0. The first-order valence-electron chi connectivity index (χ1n) is 30.8. The van der Waals surface area contributed by atoms with Gasteiger partial charge in [0, 0.05) is 59.4 Å². The molecule has 85 heavy (non-hydrogen) atoms. The van der Waals surface area contributed by atoms with Gasteiger partial charge in [0.2, 0.25) is 0 Å². The molecule has 0 saturated heterocycles. The van der Waals surface area contributed by atoms with Crippen molar-refractivity contribution in [2.45, 2.75) is 96.3 Å². The minimum atomic E-state index is -0.275. The summed E-state index contributed by atoms with van der Waals surface area (Å²) in [5, 5.41) is 10.4. The molecular weight excluding hydrogens is 1020 g/mol. The largest absolute Gasteiger partial charge is 0.309 e. The van der Waals surface area contributed by atoms with Crippen molar-refractivity contribution in [2.24, 2.45) is 0 Å². The summed E-state index contributed by atoms with van der Waals surface area (Å²) in [6, 6.07) is 80.5. The highest BCUT2D eigenvalue weighted by atomic mass is 15.0. The summed E-state index contributed by atoms with van der Waals surface area (Å²) < 4.78 is 5.21. The number of fused-ring (bicyclic) bond motifs is 25. The van der Waals surface area contributed by atoms with Crippen molar-refractivity contribution in [1.29, 1.82) is 0 Å². The number of hydrogen-bond donors (Lipinski definition) is 0. The van der Waals surface area contributed by atoms with E-state index in [4.69, 9.17) is 0 Å². The Morgan fingerprint density at radius 1 is 0.200 bits per heavy atom. The molecule has 0 unspecified atom stereocenters. The normalized spacial score (nSPS) is 16.8. The number of aromatic nitrogens is 2. The van der Waals surface area contributed by atoms with Crippen LogP contribution < -0.4 is 0 Å². The van der Waals surface area contributed by atoms with Gasteiger partial charge in [0.05, 0.1) is 33.4 Å². The van der Waals surface area contributed by atoms with Crippen LogP contribution in [0.3, 0.4) is 0 Å². The quantitative estimate of drug-likeness (QED) is 0.163. The van der Waals surface area contributed by atoms with Crippen LogP contribution in [0.15, 0.2) is 206 Å². The van der Waals surface area contributed by atoms with E-state index in [1.807, 2.05) is 0 Å². The first-order chi connectivity index (χ1) is 41.0. The second-order valence-corrected chi connectivity index (χ2v) is 28.4. The van der Waals surface area contributed by atoms with Crippen molar-refractivity contribution in [3.63, 3.8) is 0 Å². The summed E-state index contributed by atoms with van der Waals surface area (Å²) in [5.41, 5.74) is 34.3. The monoisotopic (exact) mass is 1090 g/mol. The molecule has 2 nitrogen and oxygen atoms in total. The molecule has 0 N–H and O–H groups in total. The highest BCUT2D eigenvalue weighted by Gasteiger charge is 2.47. The summed E-state index contributed by atoms with van der Waals surface area (Å²) in [4.78, 5) is 0. The number of benzene rings is 12. The Labute approximate surface area is 496 Å². The maximum absolute atomic E-state index is 2.63. The third-order valence-electron chi connectivity index (χ3n) is 22.5. The molecular formula is C83H64N2. The van der Waals surface area contributed by atoms with E-state index in [0.29, 0.717) is 0 Å². The van der Waals surface area contributed by atoms with Gasteiger partial charge in [-0.3, -0.25) is 0 Å². The second kappa shape index (κ2) is 15.4. The predicted molar refractivity (Wildman–Crippen MR) is 358 cm³/mol. The van der Waals surface area contributed by atoms with E-state index >= 15 is 0 Å². The van der Waals surface area contributed by atoms with Crippen LogP contribution in [-0.2, 0) is 27.1 Å². The molecule has 0 spiro atoms. The predicted octanol–water partition coefficient (Wildman–Crippen LogP) is 21.7. The Kier molecular flexibility index (Phi) is 8.70. The summed E-state index contributed by atoms with van der Waals surface area (Å²) >= 11 is 0. The van der Waals surface area contributed by atoms with Crippen LogP contribution in [-0.4, -0.2) is 9.13 Å². The lowest BCUT2D eigenvalue weighted by atomic mass is 9.78. The van der Waals surface area contributed by atoms with E-state index in [0.717, 1.165) is 0 Å². The molecule has 0 fully saturated rings. The fourth-order valence-corrected chi connectivity index (χ4v) is 18.1. The first kappa shape index (κ1) is 48.2. The Morgan fingerprint density at radius 2 is 0.494 bits per heavy atom. The van der Waals surface area contributed by atoms with Crippen molar-refractivity contribution in [2.75, 3.05) is 0 Å². The van der Waals surface area contributed by atoms with Crippen LogP contribution in [0, 0.1) is 0 Å². The van der Waals surface area contributed by atoms with Crippen LogP contribution in [0.4, 0.5) is 0 Å². The maximum atomic E-state index is 2.63. The van der Waals surface area contributed by atoms with Gasteiger partial charge in [-0.2, -0.15) is 0 Å². The molecule has 0 amide bonds. The van der Waals surface area contributed by atoms with E-state index in [-0.39, 0.29) is 27.1 Å². The van der Waals surface area contributed by atoms with E-state index in [2.05, 4.69) is 285 Å². The van der Waals surface area contributed by atoms with Gasteiger partial charge in [-0.05, 0) is 195 Å². The van der Waals surface area contributed by atoms with Crippen LogP contribution in [0.2, 0.25) is 0 Å². The highest BCUT2D eigenvalue weighted by Crippen LogP contribution is 2.62. The molecule has 0 radical (unpaired) electrons. The third-order valence-corrected chi connectivity index (χ3v) is 22.5. The molecule has 5 aliphatic rings. The Bertz CT molecular complexity index is 5160. The molecule has 19 rings (SSSR count). The van der Waals surface area contributed by atoms with Crippen molar-refractivity contribution in [3.8, 4) is 67.0 Å². The fraction of sp³-hybridized carbons (Fsp3) is 0.181. The van der Waals surface area contributed by atoms with Gasteiger partial charge in [-0.25, -0.2) is 0 Å². The van der Waals surface area contributed by atoms with E-state index in [1.54, 1.807) is 0 Å². The zero-order valence-corrected chi connectivity index (χ0v) is 50.0. The molecule has 0 bridgehead atoms. The van der Waals surface area contributed by atoms with E-state index in [9.17, 15) is 0 Å². The smallest absolute Gasteiger partial charge is 0.0544 e. The zero-order chi connectivity index (χ0) is 57.3. The molecule has 406 valence electrons. The second-order valence-electron chi connectivity index (χ2n) is 28.4. The van der Waals surface area contributed by atoms with Crippen molar-refractivity contribution in [3.05, 3.63) is 262 Å². The molecule has 5 aliphatic carbocycles. The fourth-order valence-electron chi connectivity index (χ4n) is 18.1. The number of rotatable bonds is 2. The minimum absolute atomic E-state index is 0.114. The summed E-state index contributed by atoms with van der Waals surface area (Å²) in [6.45, 7) is 24.5. The minimum Gasteiger partial charge on any atom is -0.309 e. The lowest BCUT2D eigenvalue weighted by Crippen LogP contribution is -2.17. The third kappa shape index (κ3) is 5.65. The Balaban J connectivity index is 0.780. The Morgan fingerprint density at radius 3 is 0.918 bits per heavy atom. The SMILES string of the molecule is CC1(C)c2cc3c(cc2-c2cc4c(cc21)-c1c(cc(-n2c5ccccc5c5cc6c(cc52)C(C)(C)c2ccccc2-6)c2ccccc12)C4(C)C)C(C)(C)c1cc(-n2c4ccccc4c4cc5c(cc42)C(C)(C)c2ccccc2-5)c2ccccc2c1-3. The molecule has 2 heterocycles. The molecule has 2 heteroatoms.